The highest BCUT2D eigenvalue weighted by Gasteiger charge is 2.09. The van der Waals surface area contributed by atoms with E-state index < -0.39 is 5.97 Å². The molecule has 3 nitrogen and oxygen atoms in total. The van der Waals surface area contributed by atoms with E-state index in [2.05, 4.69) is 4.98 Å². The SMILES string of the molecule is Cc1cccc(/C=C(\CC(=O)[O-])c2nc3ccccc3s2)c1. The maximum Gasteiger partial charge on any atom is 0.120 e. The van der Waals surface area contributed by atoms with Crippen molar-refractivity contribution in [3.8, 4) is 0 Å². The zero-order valence-corrected chi connectivity index (χ0v) is 12.9. The molecule has 0 amide bonds. The van der Waals surface area contributed by atoms with Gasteiger partial charge in [0, 0.05) is 12.4 Å². The maximum atomic E-state index is 11.1. The van der Waals surface area contributed by atoms with Gasteiger partial charge in [-0.3, -0.25) is 0 Å². The number of thiazole rings is 1. The van der Waals surface area contributed by atoms with Crippen LogP contribution in [0.15, 0.2) is 48.5 Å². The first kappa shape index (κ1) is 14.5. The third-order valence-corrected chi connectivity index (χ3v) is 4.40. The Morgan fingerprint density at radius 2 is 2.05 bits per heavy atom. The zero-order valence-electron chi connectivity index (χ0n) is 12.1. The summed E-state index contributed by atoms with van der Waals surface area (Å²) in [5.41, 5.74) is 3.66. The van der Waals surface area contributed by atoms with Crippen LogP contribution in [0.3, 0.4) is 0 Å². The lowest BCUT2D eigenvalue weighted by Gasteiger charge is -2.06. The summed E-state index contributed by atoms with van der Waals surface area (Å²) >= 11 is 1.50. The minimum absolute atomic E-state index is 0.145. The lowest BCUT2D eigenvalue weighted by molar-refractivity contribution is -0.304. The van der Waals surface area contributed by atoms with Gasteiger partial charge in [-0.1, -0.05) is 42.0 Å². The van der Waals surface area contributed by atoms with E-state index in [1.165, 1.54) is 11.3 Å². The number of nitrogens with zero attached hydrogens (tertiary/aromatic N) is 1. The Bertz CT molecular complexity index is 831. The maximum absolute atomic E-state index is 11.1. The molecule has 2 aromatic carbocycles. The van der Waals surface area contributed by atoms with Crippen molar-refractivity contribution in [3.63, 3.8) is 0 Å². The molecule has 0 aliphatic carbocycles. The number of carbonyl (C=O) groups is 1. The number of rotatable bonds is 4. The average molecular weight is 308 g/mol. The molecule has 1 aromatic heterocycles. The predicted molar refractivity (Wildman–Crippen MR) is 88.3 cm³/mol. The Labute approximate surface area is 132 Å². The summed E-state index contributed by atoms with van der Waals surface area (Å²) in [6, 6.07) is 15.7. The standard InChI is InChI=1S/C18H15NO2S/c1-12-5-4-6-13(9-12)10-14(11-17(20)21)18-19-15-7-2-3-8-16(15)22-18/h2-10H,11H2,1H3,(H,20,21)/p-1/b14-10+. The van der Waals surface area contributed by atoms with Crippen LogP contribution in [-0.2, 0) is 4.79 Å². The topological polar surface area (TPSA) is 53.0 Å². The van der Waals surface area contributed by atoms with Gasteiger partial charge in [0.1, 0.15) is 5.01 Å². The molecule has 0 fully saturated rings. The Hall–Kier alpha value is -2.46. The molecule has 0 unspecified atom stereocenters. The summed E-state index contributed by atoms with van der Waals surface area (Å²) < 4.78 is 1.05. The number of carboxylic acid groups (broad SMARTS) is 1. The van der Waals surface area contributed by atoms with Gasteiger partial charge in [0.15, 0.2) is 0 Å². The predicted octanol–water partition coefficient (Wildman–Crippen LogP) is 3.29. The summed E-state index contributed by atoms with van der Waals surface area (Å²) in [5, 5.41) is 11.8. The molecule has 0 saturated carbocycles. The number of aryl methyl sites for hydroxylation is 1. The number of carboxylic acids is 1. The molecular weight excluding hydrogens is 294 g/mol. The van der Waals surface area contributed by atoms with Gasteiger partial charge in [-0.25, -0.2) is 4.98 Å². The first-order valence-electron chi connectivity index (χ1n) is 6.95. The molecular formula is C18H14NO2S-. The molecule has 22 heavy (non-hydrogen) atoms. The monoisotopic (exact) mass is 308 g/mol. The largest absolute Gasteiger partial charge is 0.550 e. The van der Waals surface area contributed by atoms with Gasteiger partial charge >= 0.3 is 0 Å². The summed E-state index contributed by atoms with van der Waals surface area (Å²) in [6.45, 7) is 2.01. The minimum atomic E-state index is -1.10. The van der Waals surface area contributed by atoms with Crippen molar-refractivity contribution in [3.05, 3.63) is 64.7 Å². The molecule has 0 saturated heterocycles. The second-order valence-corrected chi connectivity index (χ2v) is 6.15. The Kier molecular flexibility index (Phi) is 4.02. The lowest BCUT2D eigenvalue weighted by atomic mass is 10.1. The van der Waals surface area contributed by atoms with Gasteiger partial charge in [0.05, 0.1) is 10.2 Å². The Balaban J connectivity index is 2.07. The minimum Gasteiger partial charge on any atom is -0.550 e. The molecule has 0 N–H and O–H groups in total. The number of fused-ring (bicyclic) bond motifs is 1. The van der Waals surface area contributed by atoms with Crippen LogP contribution in [0.25, 0.3) is 21.9 Å². The van der Waals surface area contributed by atoms with Crippen molar-refractivity contribution in [1.29, 1.82) is 0 Å². The smallest absolute Gasteiger partial charge is 0.120 e. The van der Waals surface area contributed by atoms with Crippen molar-refractivity contribution in [2.45, 2.75) is 13.3 Å². The molecule has 4 heteroatoms. The molecule has 0 aliphatic heterocycles. The van der Waals surface area contributed by atoms with Crippen LogP contribution in [-0.4, -0.2) is 11.0 Å². The summed E-state index contributed by atoms with van der Waals surface area (Å²) in [7, 11) is 0. The number of aromatic nitrogens is 1. The van der Waals surface area contributed by atoms with Crippen molar-refractivity contribution in [2.75, 3.05) is 0 Å². The number of carbonyl (C=O) groups excluding carboxylic acids is 1. The molecule has 3 rings (SSSR count). The van der Waals surface area contributed by atoms with E-state index in [0.29, 0.717) is 5.57 Å². The van der Waals surface area contributed by atoms with E-state index in [1.807, 2.05) is 61.5 Å². The van der Waals surface area contributed by atoms with E-state index in [9.17, 15) is 9.90 Å². The molecule has 110 valence electrons. The number of aliphatic carboxylic acids is 1. The number of para-hydroxylation sites is 1. The first-order chi connectivity index (χ1) is 10.6. The van der Waals surface area contributed by atoms with Crippen LogP contribution >= 0.6 is 11.3 Å². The molecule has 0 radical (unpaired) electrons. The van der Waals surface area contributed by atoms with Gasteiger partial charge < -0.3 is 9.90 Å². The van der Waals surface area contributed by atoms with E-state index in [0.717, 1.165) is 26.4 Å². The second kappa shape index (κ2) is 6.12. The quantitative estimate of drug-likeness (QED) is 0.743. The summed E-state index contributed by atoms with van der Waals surface area (Å²) in [5.74, 6) is -1.10. The molecule has 0 spiro atoms. The van der Waals surface area contributed by atoms with Crippen LogP contribution in [0.5, 0.6) is 0 Å². The Morgan fingerprint density at radius 1 is 1.23 bits per heavy atom. The molecule has 0 bridgehead atoms. The van der Waals surface area contributed by atoms with Gasteiger partial charge in [-0.2, -0.15) is 0 Å². The van der Waals surface area contributed by atoms with Crippen LogP contribution in [0.1, 0.15) is 22.6 Å². The third kappa shape index (κ3) is 3.23. The average Bonchev–Trinajstić information content (AvgIpc) is 2.90. The van der Waals surface area contributed by atoms with E-state index in [1.54, 1.807) is 0 Å². The number of hydrogen-bond donors (Lipinski definition) is 0. The summed E-state index contributed by atoms with van der Waals surface area (Å²) in [4.78, 5) is 15.6. The van der Waals surface area contributed by atoms with Crippen LogP contribution in [0.2, 0.25) is 0 Å². The lowest BCUT2D eigenvalue weighted by Crippen LogP contribution is -2.22. The van der Waals surface area contributed by atoms with Gasteiger partial charge in [0.25, 0.3) is 0 Å². The normalized spacial score (nSPS) is 11.8. The highest BCUT2D eigenvalue weighted by atomic mass is 32.1. The van der Waals surface area contributed by atoms with Gasteiger partial charge in [-0.15, -0.1) is 11.3 Å². The fourth-order valence-corrected chi connectivity index (χ4v) is 3.29. The highest BCUT2D eigenvalue weighted by Crippen LogP contribution is 2.30. The van der Waals surface area contributed by atoms with Crippen molar-refractivity contribution in [2.24, 2.45) is 0 Å². The second-order valence-electron chi connectivity index (χ2n) is 5.12. The van der Waals surface area contributed by atoms with E-state index in [4.69, 9.17) is 0 Å². The first-order valence-corrected chi connectivity index (χ1v) is 7.76. The Morgan fingerprint density at radius 3 is 2.77 bits per heavy atom. The fraction of sp³-hybridized carbons (Fsp3) is 0.111. The summed E-state index contributed by atoms with van der Waals surface area (Å²) in [6.07, 6.45) is 1.73. The van der Waals surface area contributed by atoms with E-state index >= 15 is 0 Å². The van der Waals surface area contributed by atoms with Crippen LogP contribution in [0.4, 0.5) is 0 Å². The molecule has 1 heterocycles. The van der Waals surface area contributed by atoms with Gasteiger partial charge in [-0.05, 0) is 36.3 Å². The molecule has 3 aromatic rings. The van der Waals surface area contributed by atoms with Crippen molar-refractivity contribution < 1.29 is 9.90 Å². The third-order valence-electron chi connectivity index (χ3n) is 3.29. The molecule has 0 atom stereocenters. The van der Waals surface area contributed by atoms with Crippen LogP contribution < -0.4 is 5.11 Å². The van der Waals surface area contributed by atoms with E-state index in [-0.39, 0.29) is 6.42 Å². The van der Waals surface area contributed by atoms with Crippen molar-refractivity contribution >= 4 is 39.2 Å². The number of benzene rings is 2. The van der Waals surface area contributed by atoms with Gasteiger partial charge in [0.2, 0.25) is 0 Å². The number of hydrogen-bond acceptors (Lipinski definition) is 4. The zero-order chi connectivity index (χ0) is 15.5. The molecule has 0 aliphatic rings. The van der Waals surface area contributed by atoms with Crippen molar-refractivity contribution in [1.82, 2.24) is 4.98 Å². The van der Waals surface area contributed by atoms with Crippen LogP contribution in [0, 0.1) is 6.92 Å². The highest BCUT2D eigenvalue weighted by molar-refractivity contribution is 7.19. The fourth-order valence-electron chi connectivity index (χ4n) is 2.31.